The van der Waals surface area contributed by atoms with E-state index in [1.165, 1.54) is 0 Å². The van der Waals surface area contributed by atoms with Crippen LogP contribution in [0.2, 0.25) is 0 Å². The van der Waals surface area contributed by atoms with Crippen molar-refractivity contribution in [1.82, 2.24) is 4.98 Å². The van der Waals surface area contributed by atoms with E-state index in [1.54, 1.807) is 6.20 Å². The highest BCUT2D eigenvalue weighted by atomic mass is 16.1. The first-order valence-corrected chi connectivity index (χ1v) is 4.43. The van der Waals surface area contributed by atoms with E-state index >= 15 is 0 Å². The summed E-state index contributed by atoms with van der Waals surface area (Å²) in [5.74, 6) is 0. The molecular weight excluding hydrogens is 150 g/mol. The molecule has 0 unspecified atom stereocenters. The van der Waals surface area contributed by atoms with E-state index in [2.05, 4.69) is 4.98 Å². The van der Waals surface area contributed by atoms with Crippen molar-refractivity contribution in [2.75, 3.05) is 0 Å². The van der Waals surface area contributed by atoms with Crippen LogP contribution in [-0.2, 0) is 6.42 Å². The molecule has 0 aliphatic carbocycles. The van der Waals surface area contributed by atoms with Gasteiger partial charge < -0.3 is 4.98 Å². The van der Waals surface area contributed by atoms with Crippen LogP contribution in [0, 0.1) is 6.92 Å². The third-order valence-corrected chi connectivity index (χ3v) is 1.70. The topological polar surface area (TPSA) is 32.9 Å². The predicted octanol–water partition coefficient (Wildman–Crippen LogP) is 2.27. The Morgan fingerprint density at radius 2 is 2.00 bits per heavy atom. The van der Waals surface area contributed by atoms with Crippen LogP contribution in [0.4, 0.5) is 0 Å². The maximum Gasteiger partial charge on any atom is 0.251 e. The van der Waals surface area contributed by atoms with Crippen molar-refractivity contribution in [2.45, 2.75) is 34.1 Å². The van der Waals surface area contributed by atoms with E-state index in [4.69, 9.17) is 0 Å². The van der Waals surface area contributed by atoms with E-state index in [0.717, 1.165) is 17.5 Å². The fourth-order valence-electron chi connectivity index (χ4n) is 0.980. The van der Waals surface area contributed by atoms with Gasteiger partial charge in [0.2, 0.25) is 0 Å². The molecule has 2 heteroatoms. The van der Waals surface area contributed by atoms with Gasteiger partial charge in [0.05, 0.1) is 0 Å². The van der Waals surface area contributed by atoms with Gasteiger partial charge in [-0.2, -0.15) is 0 Å². The standard InChI is InChI=1S/C8H11NO.C2H6/c1-3-7-4-5-9-8(10)6(7)2;1-2/h4-5H,3H2,1-2H3,(H,9,10);1-2H3. The summed E-state index contributed by atoms with van der Waals surface area (Å²) in [6.45, 7) is 7.89. The summed E-state index contributed by atoms with van der Waals surface area (Å²) in [5, 5.41) is 0. The highest BCUT2D eigenvalue weighted by Gasteiger charge is 1.96. The minimum atomic E-state index is 0.0272. The minimum Gasteiger partial charge on any atom is -0.329 e. The lowest BCUT2D eigenvalue weighted by Crippen LogP contribution is -2.10. The summed E-state index contributed by atoms with van der Waals surface area (Å²) in [6, 6.07) is 1.94. The Bertz CT molecular complexity index is 275. The maximum absolute atomic E-state index is 10.9. The molecular formula is C10H17NO. The average Bonchev–Trinajstić information content (AvgIpc) is 2.13. The Morgan fingerprint density at radius 3 is 2.42 bits per heavy atom. The Hall–Kier alpha value is -1.05. The molecule has 0 bridgehead atoms. The molecule has 0 radical (unpaired) electrons. The molecule has 0 fully saturated rings. The molecule has 1 N–H and O–H groups in total. The average molecular weight is 167 g/mol. The molecule has 1 heterocycles. The molecule has 0 amide bonds. The molecule has 0 atom stereocenters. The monoisotopic (exact) mass is 167 g/mol. The molecule has 0 aromatic carbocycles. The van der Waals surface area contributed by atoms with Crippen LogP contribution in [0.15, 0.2) is 17.1 Å². The minimum absolute atomic E-state index is 0.0272. The lowest BCUT2D eigenvalue weighted by Gasteiger charge is -1.97. The SMILES string of the molecule is CC.CCc1cc[nH]c(=O)c1C. The van der Waals surface area contributed by atoms with E-state index in [-0.39, 0.29) is 5.56 Å². The van der Waals surface area contributed by atoms with Crippen molar-refractivity contribution in [3.8, 4) is 0 Å². The Morgan fingerprint density at radius 1 is 1.42 bits per heavy atom. The first-order valence-electron chi connectivity index (χ1n) is 4.43. The normalized spacial score (nSPS) is 8.67. The second-order valence-corrected chi connectivity index (χ2v) is 2.31. The lowest BCUT2D eigenvalue weighted by molar-refractivity contribution is 1.05. The zero-order chi connectivity index (χ0) is 9.56. The summed E-state index contributed by atoms with van der Waals surface area (Å²) in [4.78, 5) is 13.6. The molecule has 1 rings (SSSR count). The zero-order valence-corrected chi connectivity index (χ0v) is 8.27. The smallest absolute Gasteiger partial charge is 0.251 e. The van der Waals surface area contributed by atoms with E-state index in [1.807, 2.05) is 33.8 Å². The van der Waals surface area contributed by atoms with E-state index in [9.17, 15) is 4.79 Å². The number of rotatable bonds is 1. The van der Waals surface area contributed by atoms with Gasteiger partial charge >= 0.3 is 0 Å². The van der Waals surface area contributed by atoms with Crippen molar-refractivity contribution < 1.29 is 0 Å². The van der Waals surface area contributed by atoms with Crippen LogP contribution in [0.25, 0.3) is 0 Å². The summed E-state index contributed by atoms with van der Waals surface area (Å²) < 4.78 is 0. The van der Waals surface area contributed by atoms with E-state index < -0.39 is 0 Å². The van der Waals surface area contributed by atoms with Gasteiger partial charge in [0, 0.05) is 11.8 Å². The number of aromatic nitrogens is 1. The van der Waals surface area contributed by atoms with Gasteiger partial charge in [-0.3, -0.25) is 4.79 Å². The van der Waals surface area contributed by atoms with Gasteiger partial charge in [-0.15, -0.1) is 0 Å². The molecule has 0 aliphatic rings. The maximum atomic E-state index is 10.9. The fraction of sp³-hybridized carbons (Fsp3) is 0.500. The molecule has 2 nitrogen and oxygen atoms in total. The molecule has 0 saturated heterocycles. The van der Waals surface area contributed by atoms with Crippen LogP contribution in [0.3, 0.4) is 0 Å². The number of hydrogen-bond acceptors (Lipinski definition) is 1. The Kier molecular flexibility index (Phi) is 5.09. The summed E-state index contributed by atoms with van der Waals surface area (Å²) >= 11 is 0. The van der Waals surface area contributed by atoms with Gasteiger partial charge in [-0.05, 0) is 25.0 Å². The zero-order valence-electron chi connectivity index (χ0n) is 8.27. The third-order valence-electron chi connectivity index (χ3n) is 1.70. The van der Waals surface area contributed by atoms with Gasteiger partial charge in [-0.1, -0.05) is 20.8 Å². The molecule has 12 heavy (non-hydrogen) atoms. The number of nitrogens with one attached hydrogen (secondary N) is 1. The van der Waals surface area contributed by atoms with Crippen molar-refractivity contribution in [2.24, 2.45) is 0 Å². The van der Waals surface area contributed by atoms with Crippen molar-refractivity contribution in [3.63, 3.8) is 0 Å². The van der Waals surface area contributed by atoms with Gasteiger partial charge in [0.25, 0.3) is 5.56 Å². The number of hydrogen-bond donors (Lipinski definition) is 1. The van der Waals surface area contributed by atoms with Crippen LogP contribution >= 0.6 is 0 Å². The summed E-state index contributed by atoms with van der Waals surface area (Å²) in [5.41, 5.74) is 1.99. The third kappa shape index (κ3) is 2.53. The van der Waals surface area contributed by atoms with Crippen molar-refractivity contribution in [1.29, 1.82) is 0 Å². The number of aromatic amines is 1. The molecule has 68 valence electrons. The summed E-state index contributed by atoms with van der Waals surface area (Å²) in [7, 11) is 0. The second-order valence-electron chi connectivity index (χ2n) is 2.31. The Balaban J connectivity index is 0.000000561. The molecule has 0 aliphatic heterocycles. The fourth-order valence-corrected chi connectivity index (χ4v) is 0.980. The first-order chi connectivity index (χ1) is 5.75. The highest BCUT2D eigenvalue weighted by Crippen LogP contribution is 1.99. The van der Waals surface area contributed by atoms with Crippen LogP contribution in [0.1, 0.15) is 31.9 Å². The molecule has 0 spiro atoms. The highest BCUT2D eigenvalue weighted by molar-refractivity contribution is 5.21. The quantitative estimate of drug-likeness (QED) is 0.683. The van der Waals surface area contributed by atoms with Gasteiger partial charge in [-0.25, -0.2) is 0 Å². The van der Waals surface area contributed by atoms with Gasteiger partial charge in [0.15, 0.2) is 0 Å². The second kappa shape index (κ2) is 5.58. The summed E-state index contributed by atoms with van der Waals surface area (Å²) in [6.07, 6.45) is 2.62. The van der Waals surface area contributed by atoms with Crippen molar-refractivity contribution in [3.05, 3.63) is 33.7 Å². The largest absolute Gasteiger partial charge is 0.329 e. The number of H-pyrrole nitrogens is 1. The van der Waals surface area contributed by atoms with Crippen molar-refractivity contribution >= 4 is 0 Å². The molecule has 0 saturated carbocycles. The van der Waals surface area contributed by atoms with Crippen LogP contribution in [0.5, 0.6) is 0 Å². The van der Waals surface area contributed by atoms with Crippen LogP contribution in [-0.4, -0.2) is 4.98 Å². The molecule has 1 aromatic rings. The molecule has 1 aromatic heterocycles. The van der Waals surface area contributed by atoms with Crippen LogP contribution < -0.4 is 5.56 Å². The predicted molar refractivity (Wildman–Crippen MR) is 52.5 cm³/mol. The van der Waals surface area contributed by atoms with E-state index in [0.29, 0.717) is 0 Å². The number of pyridine rings is 1. The lowest BCUT2D eigenvalue weighted by atomic mass is 10.1. The Labute approximate surface area is 73.6 Å². The number of aryl methyl sites for hydroxylation is 1. The first kappa shape index (κ1) is 11.0. The van der Waals surface area contributed by atoms with Gasteiger partial charge in [0.1, 0.15) is 0 Å².